The molecule has 1 aliphatic carbocycles. The van der Waals surface area contributed by atoms with Gasteiger partial charge in [0.2, 0.25) is 0 Å². The molecule has 0 saturated heterocycles. The maximum Gasteiger partial charge on any atom is 0.198 e. The van der Waals surface area contributed by atoms with E-state index in [-0.39, 0.29) is 20.1 Å². The molecule has 0 saturated carbocycles. The van der Waals surface area contributed by atoms with Crippen molar-refractivity contribution in [3.05, 3.63) is 20.1 Å². The van der Waals surface area contributed by atoms with Crippen molar-refractivity contribution >= 4 is 63.8 Å². The summed E-state index contributed by atoms with van der Waals surface area (Å²) in [6.45, 7) is 0. The fraction of sp³-hybridized carbons (Fsp3) is 0.167. The van der Waals surface area contributed by atoms with Gasteiger partial charge in [0, 0.05) is 0 Å². The van der Waals surface area contributed by atoms with Crippen LogP contribution in [0.5, 0.6) is 0 Å². The first kappa shape index (κ1) is 10.7. The van der Waals surface area contributed by atoms with Crippen LogP contribution in [0.15, 0.2) is 20.1 Å². The van der Waals surface area contributed by atoms with Crippen LogP contribution in [0.1, 0.15) is 0 Å². The number of hydrogen-bond acceptors (Lipinski definition) is 1. The first-order valence-corrected chi connectivity index (χ1v) is 4.70. The number of Topliss-reactive ketones (excluding diaryl/α,β-unsaturated/α-hetero) is 1. The zero-order valence-corrected chi connectivity index (χ0v) is 9.16. The molecule has 6 heteroatoms. The molecule has 1 aliphatic rings. The average Bonchev–Trinajstić information content (AvgIpc) is 2.08. The Bertz CT molecular complexity index is 303. The Morgan fingerprint density at radius 2 is 1.42 bits per heavy atom. The Hall–Kier alpha value is 0.600. The number of halogens is 5. The van der Waals surface area contributed by atoms with Gasteiger partial charge in [0.05, 0.1) is 15.1 Å². The first-order valence-electron chi connectivity index (χ1n) is 2.76. The molecule has 0 amide bonds. The zero-order valence-electron chi connectivity index (χ0n) is 5.38. The van der Waals surface area contributed by atoms with Crippen LogP contribution in [0, 0.1) is 0 Å². The summed E-state index contributed by atoms with van der Waals surface area (Å²) in [6.07, 6.45) is 0. The van der Waals surface area contributed by atoms with Crippen LogP contribution in [0.4, 0.5) is 0 Å². The van der Waals surface area contributed by atoms with Gasteiger partial charge in [-0.15, -0.1) is 11.6 Å². The molecule has 66 valence electrons. The van der Waals surface area contributed by atoms with Gasteiger partial charge in [-0.1, -0.05) is 46.4 Å². The predicted octanol–water partition coefficient (Wildman–Crippen LogP) is 3.55. The van der Waals surface area contributed by atoms with E-state index >= 15 is 0 Å². The summed E-state index contributed by atoms with van der Waals surface area (Å²) in [6, 6.07) is 0. The van der Waals surface area contributed by atoms with E-state index < -0.39 is 11.2 Å². The summed E-state index contributed by atoms with van der Waals surface area (Å²) < 4.78 is 0. The van der Waals surface area contributed by atoms with Gasteiger partial charge in [-0.3, -0.25) is 4.79 Å². The van der Waals surface area contributed by atoms with E-state index in [1.807, 2.05) is 0 Å². The average molecular weight is 266 g/mol. The molecule has 0 heterocycles. The standard InChI is InChI=1S/C6HCl5O/c7-1-2(8)4(10)6(12)5(11)3(1)9/h4H. The van der Waals surface area contributed by atoms with Crippen molar-refractivity contribution in [3.63, 3.8) is 0 Å². The fourth-order valence-electron chi connectivity index (χ4n) is 0.647. The smallest absolute Gasteiger partial charge is 0.198 e. The highest BCUT2D eigenvalue weighted by Crippen LogP contribution is 2.38. The lowest BCUT2D eigenvalue weighted by atomic mass is 10.1. The number of alkyl halides is 1. The zero-order chi connectivity index (χ0) is 9.46. The highest BCUT2D eigenvalue weighted by Gasteiger charge is 2.32. The number of rotatable bonds is 0. The normalized spacial score (nSPS) is 25.4. The van der Waals surface area contributed by atoms with Crippen LogP contribution in [-0.2, 0) is 4.79 Å². The highest BCUT2D eigenvalue weighted by molar-refractivity contribution is 6.61. The molecule has 12 heavy (non-hydrogen) atoms. The Labute approximate surface area is 93.9 Å². The molecule has 1 nitrogen and oxygen atoms in total. The molecular weight excluding hydrogens is 265 g/mol. The maximum atomic E-state index is 11.1. The number of allylic oxidation sites excluding steroid dienone is 4. The molecule has 0 N–H and O–H groups in total. The second kappa shape index (κ2) is 3.77. The SMILES string of the molecule is O=C1C(Cl)=C(Cl)C(Cl)=C(Cl)C1Cl. The van der Waals surface area contributed by atoms with Gasteiger partial charge in [0.25, 0.3) is 0 Å². The van der Waals surface area contributed by atoms with Crippen LogP contribution in [-0.4, -0.2) is 11.2 Å². The molecule has 0 spiro atoms. The van der Waals surface area contributed by atoms with E-state index in [2.05, 4.69) is 0 Å². The molecule has 0 aromatic rings. The van der Waals surface area contributed by atoms with Crippen molar-refractivity contribution in [1.82, 2.24) is 0 Å². The number of ketones is 1. The van der Waals surface area contributed by atoms with E-state index in [1.165, 1.54) is 0 Å². The van der Waals surface area contributed by atoms with Gasteiger partial charge in [-0.25, -0.2) is 0 Å². The van der Waals surface area contributed by atoms with E-state index in [9.17, 15) is 4.79 Å². The third-order valence-corrected chi connectivity index (χ3v) is 3.64. The molecule has 0 aromatic carbocycles. The van der Waals surface area contributed by atoms with Crippen molar-refractivity contribution < 1.29 is 4.79 Å². The van der Waals surface area contributed by atoms with Crippen LogP contribution in [0.25, 0.3) is 0 Å². The summed E-state index contributed by atoms with van der Waals surface area (Å²) in [5.41, 5.74) is 0. The quantitative estimate of drug-likeness (QED) is 0.613. The minimum atomic E-state index is -1.02. The molecule has 1 unspecified atom stereocenters. The van der Waals surface area contributed by atoms with Crippen LogP contribution < -0.4 is 0 Å². The van der Waals surface area contributed by atoms with Gasteiger partial charge in [-0.05, 0) is 0 Å². The van der Waals surface area contributed by atoms with Gasteiger partial charge in [-0.2, -0.15) is 0 Å². The van der Waals surface area contributed by atoms with Gasteiger partial charge < -0.3 is 0 Å². The number of carbonyl (C=O) groups excluding carboxylic acids is 1. The van der Waals surface area contributed by atoms with Crippen molar-refractivity contribution in [2.45, 2.75) is 5.38 Å². The second-order valence-corrected chi connectivity index (χ2v) is 3.99. The van der Waals surface area contributed by atoms with Crippen molar-refractivity contribution in [2.75, 3.05) is 0 Å². The van der Waals surface area contributed by atoms with E-state index in [0.29, 0.717) is 0 Å². The molecule has 0 aromatic heterocycles. The molecule has 0 bridgehead atoms. The maximum absolute atomic E-state index is 11.1. The summed E-state index contributed by atoms with van der Waals surface area (Å²) in [4.78, 5) is 11.1. The summed E-state index contributed by atoms with van der Waals surface area (Å²) in [5, 5.41) is -1.20. The topological polar surface area (TPSA) is 17.1 Å². The first-order chi connectivity index (χ1) is 5.46. The minimum Gasteiger partial charge on any atom is -0.291 e. The van der Waals surface area contributed by atoms with E-state index in [1.54, 1.807) is 0 Å². The minimum absolute atomic E-state index is 0.0118. The predicted molar refractivity (Wildman–Crippen MR) is 52.1 cm³/mol. The Balaban J connectivity index is 3.27. The van der Waals surface area contributed by atoms with Gasteiger partial charge in [0.1, 0.15) is 10.4 Å². The van der Waals surface area contributed by atoms with Crippen molar-refractivity contribution in [2.24, 2.45) is 0 Å². The fourth-order valence-corrected chi connectivity index (χ4v) is 1.87. The van der Waals surface area contributed by atoms with E-state index in [4.69, 9.17) is 58.0 Å². The summed E-state index contributed by atoms with van der Waals surface area (Å²) in [7, 11) is 0. The van der Waals surface area contributed by atoms with Crippen molar-refractivity contribution in [3.8, 4) is 0 Å². The van der Waals surface area contributed by atoms with Crippen LogP contribution >= 0.6 is 58.0 Å². The Kier molecular flexibility index (Phi) is 3.35. The summed E-state index contributed by atoms with van der Waals surface area (Å²) in [5.74, 6) is -0.530. The lowest BCUT2D eigenvalue weighted by molar-refractivity contribution is -0.114. The third-order valence-electron chi connectivity index (χ3n) is 1.26. The lowest BCUT2D eigenvalue weighted by Gasteiger charge is -2.15. The number of hydrogen-bond donors (Lipinski definition) is 0. The Morgan fingerprint density at radius 1 is 0.917 bits per heavy atom. The van der Waals surface area contributed by atoms with E-state index in [0.717, 1.165) is 0 Å². The van der Waals surface area contributed by atoms with Gasteiger partial charge in [0.15, 0.2) is 5.78 Å². The molecule has 1 atom stereocenters. The third kappa shape index (κ3) is 1.61. The molecule has 1 rings (SSSR count). The molecule has 0 radical (unpaired) electrons. The Morgan fingerprint density at radius 3 is 1.92 bits per heavy atom. The monoisotopic (exact) mass is 264 g/mol. The molecule has 0 fully saturated rings. The largest absolute Gasteiger partial charge is 0.291 e. The second-order valence-electron chi connectivity index (χ2n) is 2.02. The number of carbonyl (C=O) groups is 1. The van der Waals surface area contributed by atoms with Crippen molar-refractivity contribution in [1.29, 1.82) is 0 Å². The molecular formula is C6HCl5O. The highest BCUT2D eigenvalue weighted by atomic mass is 35.5. The van der Waals surface area contributed by atoms with Gasteiger partial charge >= 0.3 is 0 Å². The molecule has 0 aliphatic heterocycles. The lowest BCUT2D eigenvalue weighted by Crippen LogP contribution is -2.20. The summed E-state index contributed by atoms with van der Waals surface area (Å²) >= 11 is 27.8. The van der Waals surface area contributed by atoms with Crippen LogP contribution in [0.2, 0.25) is 0 Å². The van der Waals surface area contributed by atoms with Crippen LogP contribution in [0.3, 0.4) is 0 Å².